The molecule has 0 heterocycles. The van der Waals surface area contributed by atoms with Crippen LogP contribution in [0, 0.1) is 23.5 Å². The fourth-order valence-corrected chi connectivity index (χ4v) is 6.61. The van der Waals surface area contributed by atoms with Crippen LogP contribution in [0.5, 0.6) is 0 Å². The first-order valence-corrected chi connectivity index (χ1v) is 18.0. The molecule has 45 heavy (non-hydrogen) atoms. The molecule has 0 aliphatic heterocycles. The second-order valence-electron chi connectivity index (χ2n) is 15.4. The molecular formula is C44H50Hf. The fourth-order valence-electron chi connectivity index (χ4n) is 5.41. The SMILES string of the molecule is CC(C)(C)c1c[c-]c2c(c1)-c1cc(C(C)(C)C)ccc1C2.CC1[C-]=CC(C(C)(C)C)=C1.[Hf+2]=[C](c1ccccc1)c1ccccc1. The van der Waals surface area contributed by atoms with Crippen molar-refractivity contribution in [3.63, 3.8) is 0 Å². The van der Waals surface area contributed by atoms with Gasteiger partial charge < -0.3 is 0 Å². The van der Waals surface area contributed by atoms with E-state index in [1.54, 1.807) is 0 Å². The molecule has 1 unspecified atom stereocenters. The van der Waals surface area contributed by atoms with Crippen molar-refractivity contribution in [2.45, 2.75) is 86.5 Å². The van der Waals surface area contributed by atoms with E-state index in [1.807, 2.05) is 0 Å². The van der Waals surface area contributed by atoms with Crippen LogP contribution in [-0.2, 0) is 41.1 Å². The number of fused-ring (bicyclic) bond motifs is 3. The van der Waals surface area contributed by atoms with Gasteiger partial charge in [0.05, 0.1) is 0 Å². The minimum absolute atomic E-state index is 0.177. The van der Waals surface area contributed by atoms with Crippen LogP contribution in [0.4, 0.5) is 0 Å². The molecule has 0 bridgehead atoms. The summed E-state index contributed by atoms with van der Waals surface area (Å²) in [6.07, 6.45) is 8.68. The third-order valence-corrected chi connectivity index (χ3v) is 10.5. The molecule has 2 aliphatic rings. The van der Waals surface area contributed by atoms with E-state index in [9.17, 15) is 0 Å². The molecule has 0 saturated carbocycles. The van der Waals surface area contributed by atoms with E-state index < -0.39 is 0 Å². The molecular weight excluding hydrogens is 707 g/mol. The maximum atomic E-state index is 3.53. The van der Waals surface area contributed by atoms with Gasteiger partial charge in [-0.2, -0.15) is 41.0 Å². The zero-order chi connectivity index (χ0) is 33.0. The predicted octanol–water partition coefficient (Wildman–Crippen LogP) is 11.4. The van der Waals surface area contributed by atoms with Crippen LogP contribution in [0.3, 0.4) is 0 Å². The van der Waals surface area contributed by atoms with Crippen LogP contribution in [0.25, 0.3) is 11.1 Å². The topological polar surface area (TPSA) is 0 Å². The molecule has 0 N–H and O–H groups in total. The Morgan fingerprint density at radius 2 is 1.20 bits per heavy atom. The first-order chi connectivity index (χ1) is 21.0. The Morgan fingerprint density at radius 1 is 0.667 bits per heavy atom. The van der Waals surface area contributed by atoms with E-state index in [0.717, 1.165) is 30.3 Å². The summed E-state index contributed by atoms with van der Waals surface area (Å²) >= 11 is 1.08. The molecule has 0 aromatic heterocycles. The maximum absolute atomic E-state index is 3.53. The van der Waals surface area contributed by atoms with Gasteiger partial charge in [-0.25, -0.2) is 6.08 Å². The number of benzene rings is 4. The minimum atomic E-state index is 0.177. The molecule has 0 fully saturated rings. The molecule has 1 atom stereocenters. The molecule has 0 radical (unpaired) electrons. The zero-order valence-corrected chi connectivity index (χ0v) is 32.7. The van der Waals surface area contributed by atoms with Crippen molar-refractivity contribution < 1.29 is 23.9 Å². The van der Waals surface area contributed by atoms with Crippen molar-refractivity contribution in [3.8, 4) is 11.1 Å². The van der Waals surface area contributed by atoms with Crippen molar-refractivity contribution >= 4 is 3.26 Å². The third-order valence-electron chi connectivity index (χ3n) is 8.45. The van der Waals surface area contributed by atoms with Gasteiger partial charge in [0.1, 0.15) is 0 Å². The molecule has 4 aromatic rings. The molecule has 0 spiro atoms. The molecule has 0 nitrogen and oxygen atoms in total. The van der Waals surface area contributed by atoms with Crippen LogP contribution in [-0.4, -0.2) is 3.26 Å². The molecule has 6 rings (SSSR count). The second kappa shape index (κ2) is 14.3. The normalized spacial score (nSPS) is 15.2. The van der Waals surface area contributed by atoms with Crippen LogP contribution in [0.15, 0.2) is 109 Å². The van der Waals surface area contributed by atoms with E-state index >= 15 is 0 Å². The van der Waals surface area contributed by atoms with E-state index in [4.69, 9.17) is 0 Å². The third kappa shape index (κ3) is 9.32. The molecule has 0 amide bonds. The Morgan fingerprint density at radius 3 is 1.64 bits per heavy atom. The van der Waals surface area contributed by atoms with Crippen LogP contribution < -0.4 is 0 Å². The van der Waals surface area contributed by atoms with Gasteiger partial charge in [-0.3, -0.25) is 6.08 Å². The van der Waals surface area contributed by atoms with Crippen molar-refractivity contribution in [2.24, 2.45) is 11.3 Å². The number of rotatable bonds is 2. The van der Waals surface area contributed by atoms with Crippen LogP contribution in [0.1, 0.15) is 103 Å². The second-order valence-corrected chi connectivity index (χ2v) is 17.2. The zero-order valence-electron chi connectivity index (χ0n) is 29.1. The van der Waals surface area contributed by atoms with E-state index in [1.165, 1.54) is 53.3 Å². The molecule has 0 saturated heterocycles. The summed E-state index contributed by atoms with van der Waals surface area (Å²) in [6, 6.07) is 36.3. The van der Waals surface area contributed by atoms with E-state index in [0.29, 0.717) is 11.3 Å². The number of hydrogen-bond acceptors (Lipinski definition) is 0. The average molecular weight is 757 g/mol. The number of hydrogen-bond donors (Lipinski definition) is 0. The summed E-state index contributed by atoms with van der Waals surface area (Å²) in [5.74, 6) is 0.522. The standard InChI is InChI=1S/C21H25.C13H10.C10H15.Hf/c1-20(2,3)16-9-7-14-11-15-8-10-17(21(4,5)6)13-19(15)18(14)12-16;1-3-7-12(8-4-1)11-13-9-5-2-6-10-13;1-8-5-6-9(7-8)10(2,3)4;/h7,9-10,12-13H,11H2,1-6H3;1-10H;6-8H,1-4H3;/q-1;;-1;+2. The van der Waals surface area contributed by atoms with Crippen LogP contribution in [0.2, 0.25) is 0 Å². The summed E-state index contributed by atoms with van der Waals surface area (Å²) in [5.41, 5.74) is 13.2. The Hall–Kier alpha value is -2.90. The van der Waals surface area contributed by atoms with E-state index in [-0.39, 0.29) is 10.8 Å². The first kappa shape index (κ1) is 35.0. The predicted molar refractivity (Wildman–Crippen MR) is 192 cm³/mol. The average Bonchev–Trinajstić information content (AvgIpc) is 3.60. The van der Waals surface area contributed by atoms with Crippen molar-refractivity contribution in [1.29, 1.82) is 0 Å². The summed E-state index contributed by atoms with van der Waals surface area (Å²) in [7, 11) is 0. The quantitative estimate of drug-likeness (QED) is 0.124. The Bertz CT molecular complexity index is 1560. The Labute approximate surface area is 288 Å². The number of allylic oxidation sites excluding steroid dienone is 4. The van der Waals surface area contributed by atoms with E-state index in [2.05, 4.69) is 185 Å². The van der Waals surface area contributed by atoms with Gasteiger partial charge in [0.25, 0.3) is 0 Å². The van der Waals surface area contributed by atoms with Crippen molar-refractivity contribution in [3.05, 3.63) is 154 Å². The van der Waals surface area contributed by atoms with Crippen molar-refractivity contribution in [2.75, 3.05) is 0 Å². The van der Waals surface area contributed by atoms with Crippen molar-refractivity contribution in [1.82, 2.24) is 0 Å². The fraction of sp³-hybridized carbons (Fsp3) is 0.341. The summed E-state index contributed by atoms with van der Waals surface area (Å²) in [4.78, 5) is 0. The summed E-state index contributed by atoms with van der Waals surface area (Å²) < 4.78 is 1.46. The van der Waals surface area contributed by atoms with Crippen LogP contribution >= 0.6 is 0 Å². The summed E-state index contributed by atoms with van der Waals surface area (Å²) in [5, 5.41) is 0. The molecule has 1 heteroatoms. The van der Waals surface area contributed by atoms with Gasteiger partial charge in [-0.1, -0.05) is 115 Å². The Kier molecular flexibility index (Phi) is 11.1. The van der Waals surface area contributed by atoms with Gasteiger partial charge in [0.15, 0.2) is 0 Å². The van der Waals surface area contributed by atoms with Gasteiger partial charge in [-0.15, -0.1) is 5.56 Å². The first-order valence-electron chi connectivity index (χ1n) is 16.2. The molecule has 4 aromatic carbocycles. The summed E-state index contributed by atoms with van der Waals surface area (Å²) in [6.45, 7) is 22.5. The monoisotopic (exact) mass is 758 g/mol. The van der Waals surface area contributed by atoms with Gasteiger partial charge in [0, 0.05) is 0 Å². The molecule has 2 aliphatic carbocycles. The van der Waals surface area contributed by atoms with Gasteiger partial charge in [0.2, 0.25) is 0 Å². The van der Waals surface area contributed by atoms with Gasteiger partial charge >= 0.3 is 98.9 Å². The Balaban J connectivity index is 0.000000166. The van der Waals surface area contributed by atoms with Gasteiger partial charge in [-0.05, 0) is 17.4 Å². The molecule has 230 valence electrons.